The zero-order valence-corrected chi connectivity index (χ0v) is 13.0. The summed E-state index contributed by atoms with van der Waals surface area (Å²) in [6.07, 6.45) is 0.377. The van der Waals surface area contributed by atoms with Crippen LogP contribution in [0.25, 0.3) is 0 Å². The van der Waals surface area contributed by atoms with Crippen LogP contribution in [0.1, 0.15) is 26.3 Å². The molecule has 6 heteroatoms. The number of halogens is 2. The maximum absolute atomic E-state index is 12.7. The van der Waals surface area contributed by atoms with Crippen molar-refractivity contribution in [3.05, 3.63) is 29.8 Å². The number of hydrogen-bond donors (Lipinski definition) is 1. The Morgan fingerprint density at radius 2 is 1.75 bits per heavy atom. The molecule has 0 spiro atoms. The molecule has 20 heavy (non-hydrogen) atoms. The minimum absolute atomic E-state index is 0.0171. The Morgan fingerprint density at radius 1 is 1.20 bits per heavy atom. The summed E-state index contributed by atoms with van der Waals surface area (Å²) in [4.78, 5) is -0.278. The number of likely N-dealkylation sites (N-methyl/N-ethyl adjacent to an activating group) is 1. The van der Waals surface area contributed by atoms with E-state index in [9.17, 15) is 17.2 Å². The second kappa shape index (κ2) is 6.18. The van der Waals surface area contributed by atoms with Crippen LogP contribution < -0.4 is 5.32 Å². The summed E-state index contributed by atoms with van der Waals surface area (Å²) in [5.41, 5.74) is 0.304. The average Bonchev–Trinajstić information content (AvgIpc) is 2.34. The van der Waals surface area contributed by atoms with E-state index < -0.39 is 15.6 Å². The summed E-state index contributed by atoms with van der Waals surface area (Å²) >= 11 is 0. The Labute approximate surface area is 119 Å². The highest BCUT2D eigenvalue weighted by Gasteiger charge is 2.31. The summed E-state index contributed by atoms with van der Waals surface area (Å²) in [6, 6.07) is 5.94. The number of hydrogen-bond acceptors (Lipinski definition) is 3. The average molecular weight is 305 g/mol. The van der Waals surface area contributed by atoms with E-state index in [0.717, 1.165) is 0 Å². The van der Waals surface area contributed by atoms with Crippen molar-refractivity contribution < 1.29 is 17.2 Å². The highest BCUT2D eigenvalue weighted by Crippen LogP contribution is 2.27. The molecule has 0 saturated carbocycles. The van der Waals surface area contributed by atoms with Crippen molar-refractivity contribution in [3.63, 3.8) is 0 Å². The molecule has 114 valence electrons. The molecule has 1 rings (SSSR count). The number of rotatable bonds is 5. The Hall–Kier alpha value is -1.01. The summed E-state index contributed by atoms with van der Waals surface area (Å²) < 4.78 is 48.9. The lowest BCUT2D eigenvalue weighted by atomic mass is 9.83. The minimum Gasteiger partial charge on any atom is -0.316 e. The van der Waals surface area contributed by atoms with E-state index in [1.165, 1.54) is 12.1 Å². The van der Waals surface area contributed by atoms with Gasteiger partial charge in [-0.1, -0.05) is 39.0 Å². The van der Waals surface area contributed by atoms with Gasteiger partial charge in [0.25, 0.3) is 0 Å². The SMILES string of the molecule is CNC(Cc1ccccc1S(=O)(=O)C(F)F)C(C)(C)C. The van der Waals surface area contributed by atoms with Crippen LogP contribution in [0.5, 0.6) is 0 Å². The van der Waals surface area contributed by atoms with Gasteiger partial charge in [-0.05, 0) is 30.5 Å². The van der Waals surface area contributed by atoms with Gasteiger partial charge >= 0.3 is 5.76 Å². The highest BCUT2D eigenvalue weighted by atomic mass is 32.2. The summed E-state index contributed by atoms with van der Waals surface area (Å²) in [7, 11) is -2.79. The van der Waals surface area contributed by atoms with E-state index in [1.807, 2.05) is 20.8 Å². The summed E-state index contributed by atoms with van der Waals surface area (Å²) in [5.74, 6) is -3.40. The molecule has 1 aromatic rings. The fraction of sp³-hybridized carbons (Fsp3) is 0.571. The molecular weight excluding hydrogens is 284 g/mol. The molecule has 3 nitrogen and oxygen atoms in total. The van der Waals surface area contributed by atoms with Gasteiger partial charge in [0, 0.05) is 6.04 Å². The van der Waals surface area contributed by atoms with Crippen LogP contribution in [0.15, 0.2) is 29.2 Å². The van der Waals surface area contributed by atoms with Gasteiger partial charge in [0.05, 0.1) is 4.90 Å². The quantitative estimate of drug-likeness (QED) is 0.910. The number of nitrogens with one attached hydrogen (secondary N) is 1. The lowest BCUT2D eigenvalue weighted by molar-refractivity contribution is 0.234. The first-order valence-electron chi connectivity index (χ1n) is 6.38. The van der Waals surface area contributed by atoms with Crippen molar-refractivity contribution in [2.24, 2.45) is 5.41 Å². The summed E-state index contributed by atoms with van der Waals surface area (Å²) in [6.45, 7) is 6.04. The Morgan fingerprint density at radius 3 is 2.20 bits per heavy atom. The van der Waals surface area contributed by atoms with E-state index >= 15 is 0 Å². The van der Waals surface area contributed by atoms with E-state index in [2.05, 4.69) is 5.32 Å². The van der Waals surface area contributed by atoms with Crippen LogP contribution in [0.4, 0.5) is 8.78 Å². The minimum atomic E-state index is -4.57. The van der Waals surface area contributed by atoms with Crippen molar-refractivity contribution in [3.8, 4) is 0 Å². The van der Waals surface area contributed by atoms with Crippen LogP contribution in [0, 0.1) is 5.41 Å². The predicted octanol–water partition coefficient (Wildman–Crippen LogP) is 2.86. The molecule has 0 amide bonds. The molecule has 0 aliphatic heterocycles. The van der Waals surface area contributed by atoms with Gasteiger partial charge in [-0.25, -0.2) is 8.42 Å². The molecule has 1 unspecified atom stereocenters. The third kappa shape index (κ3) is 3.76. The van der Waals surface area contributed by atoms with Gasteiger partial charge in [-0.3, -0.25) is 0 Å². The fourth-order valence-corrected chi connectivity index (χ4v) is 3.08. The third-order valence-corrected chi connectivity index (χ3v) is 4.81. The molecule has 0 saturated heterocycles. The van der Waals surface area contributed by atoms with Crippen molar-refractivity contribution in [2.45, 2.75) is 43.9 Å². The molecular formula is C14H21F2NO2S. The van der Waals surface area contributed by atoms with Crippen LogP contribution in [0.2, 0.25) is 0 Å². The molecule has 0 bridgehead atoms. The van der Waals surface area contributed by atoms with Gasteiger partial charge in [-0.2, -0.15) is 8.78 Å². The predicted molar refractivity (Wildman–Crippen MR) is 75.6 cm³/mol. The Kier molecular flexibility index (Phi) is 5.27. The van der Waals surface area contributed by atoms with Crippen molar-refractivity contribution in [1.82, 2.24) is 5.32 Å². The van der Waals surface area contributed by atoms with Gasteiger partial charge in [-0.15, -0.1) is 0 Å². The third-order valence-electron chi connectivity index (χ3n) is 3.33. The Bertz CT molecular complexity index is 551. The topological polar surface area (TPSA) is 46.2 Å². The van der Waals surface area contributed by atoms with Crippen molar-refractivity contribution >= 4 is 9.84 Å². The second-order valence-electron chi connectivity index (χ2n) is 5.82. The van der Waals surface area contributed by atoms with Crippen molar-refractivity contribution in [2.75, 3.05) is 7.05 Å². The van der Waals surface area contributed by atoms with Crippen LogP contribution >= 0.6 is 0 Å². The van der Waals surface area contributed by atoms with Gasteiger partial charge < -0.3 is 5.32 Å². The van der Waals surface area contributed by atoms with Crippen LogP contribution in [-0.2, 0) is 16.3 Å². The zero-order chi connectivity index (χ0) is 15.6. The summed E-state index contributed by atoms with van der Waals surface area (Å²) in [5, 5.41) is 3.12. The zero-order valence-electron chi connectivity index (χ0n) is 12.2. The van der Waals surface area contributed by atoms with Crippen LogP contribution in [-0.4, -0.2) is 27.3 Å². The molecule has 0 heterocycles. The monoisotopic (exact) mass is 305 g/mol. The second-order valence-corrected chi connectivity index (χ2v) is 7.71. The van der Waals surface area contributed by atoms with Crippen LogP contribution in [0.3, 0.4) is 0 Å². The smallest absolute Gasteiger partial charge is 0.316 e. The number of alkyl halides is 2. The van der Waals surface area contributed by atoms with Crippen molar-refractivity contribution in [1.29, 1.82) is 0 Å². The van der Waals surface area contributed by atoms with E-state index in [1.54, 1.807) is 19.2 Å². The molecule has 1 aromatic carbocycles. The molecule has 1 N–H and O–H groups in total. The molecule has 0 aliphatic rings. The fourth-order valence-electron chi connectivity index (χ4n) is 2.11. The maximum atomic E-state index is 12.7. The first kappa shape index (κ1) is 17.0. The number of benzene rings is 1. The maximum Gasteiger partial charge on any atom is 0.341 e. The standard InChI is InChI=1S/C14H21F2NO2S/c1-14(2,3)12(17-4)9-10-7-5-6-8-11(10)20(18,19)13(15)16/h5-8,12-13,17H,9H2,1-4H3. The van der Waals surface area contributed by atoms with E-state index in [-0.39, 0.29) is 16.4 Å². The molecule has 0 aliphatic carbocycles. The first-order valence-corrected chi connectivity index (χ1v) is 7.92. The largest absolute Gasteiger partial charge is 0.341 e. The normalized spacial score (nSPS) is 14.6. The molecule has 1 atom stereocenters. The Balaban J connectivity index is 3.22. The van der Waals surface area contributed by atoms with E-state index in [4.69, 9.17) is 0 Å². The number of sulfone groups is 1. The lowest BCUT2D eigenvalue weighted by Crippen LogP contribution is -2.40. The molecule has 0 aromatic heterocycles. The van der Waals surface area contributed by atoms with Gasteiger partial charge in [0.15, 0.2) is 0 Å². The van der Waals surface area contributed by atoms with E-state index in [0.29, 0.717) is 12.0 Å². The highest BCUT2D eigenvalue weighted by molar-refractivity contribution is 7.91. The molecule has 0 radical (unpaired) electrons. The molecule has 0 fully saturated rings. The van der Waals surface area contributed by atoms with Gasteiger partial charge in [0.1, 0.15) is 0 Å². The van der Waals surface area contributed by atoms with Gasteiger partial charge in [0.2, 0.25) is 9.84 Å². The first-order chi connectivity index (χ1) is 9.10. The lowest BCUT2D eigenvalue weighted by Gasteiger charge is -2.31.